The minimum absolute atomic E-state index is 0.201. The summed E-state index contributed by atoms with van der Waals surface area (Å²) in [5, 5.41) is 8.93. The predicted molar refractivity (Wildman–Crippen MR) is 74.0 cm³/mol. The molecule has 0 aromatic carbocycles. The van der Waals surface area contributed by atoms with Crippen LogP contribution in [0.4, 0.5) is 0 Å². The van der Waals surface area contributed by atoms with Gasteiger partial charge in [0, 0.05) is 44.4 Å². The number of carboxylic acid groups (broad SMARTS) is 1. The molecule has 1 N–H and O–H groups in total. The molecule has 1 aromatic rings. The molecule has 0 bridgehead atoms. The highest BCUT2D eigenvalue weighted by Gasteiger charge is 2.20. The van der Waals surface area contributed by atoms with Gasteiger partial charge in [0.1, 0.15) is 0 Å². The highest BCUT2D eigenvalue weighted by Crippen LogP contribution is 2.18. The molecule has 2 heterocycles. The Hall–Kier alpha value is -1.66. The second kappa shape index (κ2) is 6.19. The van der Waals surface area contributed by atoms with Gasteiger partial charge in [0.25, 0.3) is 5.56 Å². The molecule has 0 amide bonds. The van der Waals surface area contributed by atoms with Crippen molar-refractivity contribution < 1.29 is 14.6 Å². The molecular formula is C14H20N2O4. The third kappa shape index (κ3) is 3.08. The van der Waals surface area contributed by atoms with Crippen molar-refractivity contribution in [3.8, 4) is 0 Å². The van der Waals surface area contributed by atoms with E-state index < -0.39 is 5.97 Å². The van der Waals surface area contributed by atoms with Gasteiger partial charge >= 0.3 is 5.97 Å². The lowest BCUT2D eigenvalue weighted by atomic mass is 10.0. The van der Waals surface area contributed by atoms with Gasteiger partial charge in [-0.05, 0) is 18.7 Å². The third-order valence-electron chi connectivity index (χ3n) is 3.60. The molecule has 6 nitrogen and oxygen atoms in total. The largest absolute Gasteiger partial charge is 0.481 e. The summed E-state index contributed by atoms with van der Waals surface area (Å²) >= 11 is 0. The van der Waals surface area contributed by atoms with Gasteiger partial charge in [-0.2, -0.15) is 0 Å². The number of fused-ring (bicyclic) bond motifs is 1. The zero-order valence-corrected chi connectivity index (χ0v) is 11.9. The SMILES string of the molecule is COCCn1c2c(cc(CC(=O)O)c1=O)CN(C)CC2. The molecule has 6 heteroatoms. The van der Waals surface area contributed by atoms with Crippen LogP contribution < -0.4 is 5.56 Å². The zero-order chi connectivity index (χ0) is 14.7. The van der Waals surface area contributed by atoms with Crippen molar-refractivity contribution in [1.82, 2.24) is 9.47 Å². The standard InChI is InChI=1S/C14H20N2O4/c1-15-4-3-12-11(9-15)7-10(8-13(17)18)14(19)16(12)5-6-20-2/h7H,3-6,8-9H2,1-2H3,(H,17,18). The normalized spacial score (nSPS) is 15.1. The van der Waals surface area contributed by atoms with Crippen molar-refractivity contribution in [3.63, 3.8) is 0 Å². The summed E-state index contributed by atoms with van der Waals surface area (Å²) in [5.41, 5.74) is 2.21. The molecule has 2 rings (SSSR count). The number of aliphatic carboxylic acids is 1. The maximum atomic E-state index is 12.4. The Labute approximate surface area is 117 Å². The van der Waals surface area contributed by atoms with Crippen molar-refractivity contribution in [3.05, 3.63) is 33.2 Å². The van der Waals surface area contributed by atoms with Gasteiger partial charge in [-0.25, -0.2) is 0 Å². The fraction of sp³-hybridized carbons (Fsp3) is 0.571. The summed E-state index contributed by atoms with van der Waals surface area (Å²) in [6.45, 7) is 2.56. The number of rotatable bonds is 5. The fourth-order valence-corrected chi connectivity index (χ4v) is 2.63. The summed E-state index contributed by atoms with van der Waals surface area (Å²) in [6, 6.07) is 1.75. The van der Waals surface area contributed by atoms with Crippen LogP contribution in [-0.2, 0) is 35.5 Å². The molecule has 0 atom stereocenters. The first-order valence-corrected chi connectivity index (χ1v) is 6.66. The number of methoxy groups -OCH3 is 1. The molecule has 1 aromatic heterocycles. The highest BCUT2D eigenvalue weighted by atomic mass is 16.5. The smallest absolute Gasteiger partial charge is 0.308 e. The predicted octanol–water partition coefficient (Wildman–Crippen LogP) is 0.110. The zero-order valence-electron chi connectivity index (χ0n) is 11.9. The first-order valence-electron chi connectivity index (χ1n) is 6.66. The average molecular weight is 280 g/mol. The van der Waals surface area contributed by atoms with E-state index >= 15 is 0 Å². The van der Waals surface area contributed by atoms with Crippen LogP contribution >= 0.6 is 0 Å². The summed E-state index contributed by atoms with van der Waals surface area (Å²) < 4.78 is 6.73. The first kappa shape index (κ1) is 14.7. The van der Waals surface area contributed by atoms with Crippen molar-refractivity contribution >= 4 is 5.97 Å². The van der Waals surface area contributed by atoms with Crippen LogP contribution in [0, 0.1) is 0 Å². The number of carboxylic acids is 1. The van der Waals surface area contributed by atoms with E-state index in [4.69, 9.17) is 9.84 Å². The minimum Gasteiger partial charge on any atom is -0.481 e. The first-order chi connectivity index (χ1) is 9.52. The Morgan fingerprint density at radius 3 is 2.90 bits per heavy atom. The third-order valence-corrected chi connectivity index (χ3v) is 3.60. The van der Waals surface area contributed by atoms with E-state index in [0.29, 0.717) is 18.7 Å². The summed E-state index contributed by atoms with van der Waals surface area (Å²) in [4.78, 5) is 25.5. The number of hydrogen-bond donors (Lipinski definition) is 1. The number of nitrogens with zero attached hydrogens (tertiary/aromatic N) is 2. The van der Waals surface area contributed by atoms with Crippen molar-refractivity contribution in [2.24, 2.45) is 0 Å². The van der Waals surface area contributed by atoms with Crippen LogP contribution in [0.5, 0.6) is 0 Å². The molecule has 0 unspecified atom stereocenters. The number of carbonyl (C=O) groups is 1. The van der Waals surface area contributed by atoms with Crippen LogP contribution in [0.1, 0.15) is 16.8 Å². The molecule has 0 radical (unpaired) electrons. The maximum absolute atomic E-state index is 12.4. The number of likely N-dealkylation sites (N-methyl/N-ethyl adjacent to an activating group) is 1. The number of ether oxygens (including phenoxy) is 1. The van der Waals surface area contributed by atoms with Gasteiger partial charge in [-0.15, -0.1) is 0 Å². The lowest BCUT2D eigenvalue weighted by Gasteiger charge is -2.28. The van der Waals surface area contributed by atoms with Crippen LogP contribution in [0.3, 0.4) is 0 Å². The lowest BCUT2D eigenvalue weighted by molar-refractivity contribution is -0.136. The van der Waals surface area contributed by atoms with E-state index in [1.54, 1.807) is 17.7 Å². The second-order valence-corrected chi connectivity index (χ2v) is 5.15. The van der Waals surface area contributed by atoms with Gasteiger partial charge in [-0.1, -0.05) is 0 Å². The number of hydrogen-bond acceptors (Lipinski definition) is 4. The van der Waals surface area contributed by atoms with Crippen LogP contribution in [0.2, 0.25) is 0 Å². The van der Waals surface area contributed by atoms with Gasteiger partial charge < -0.3 is 19.3 Å². The highest BCUT2D eigenvalue weighted by molar-refractivity contribution is 5.70. The van der Waals surface area contributed by atoms with Crippen LogP contribution in [-0.4, -0.2) is 47.9 Å². The van der Waals surface area contributed by atoms with E-state index in [1.807, 2.05) is 7.05 Å². The Morgan fingerprint density at radius 2 is 2.25 bits per heavy atom. The molecule has 1 aliphatic heterocycles. The number of pyridine rings is 1. The summed E-state index contributed by atoms with van der Waals surface area (Å²) in [5.74, 6) is -0.982. The van der Waals surface area contributed by atoms with Crippen molar-refractivity contribution in [2.75, 3.05) is 27.3 Å². The maximum Gasteiger partial charge on any atom is 0.308 e. The van der Waals surface area contributed by atoms with E-state index in [9.17, 15) is 9.59 Å². The molecule has 0 aliphatic carbocycles. The second-order valence-electron chi connectivity index (χ2n) is 5.15. The molecule has 1 aliphatic rings. The number of aromatic nitrogens is 1. The van der Waals surface area contributed by atoms with E-state index in [0.717, 1.165) is 30.8 Å². The molecule has 20 heavy (non-hydrogen) atoms. The molecule has 0 saturated heterocycles. The summed E-state index contributed by atoms with van der Waals surface area (Å²) in [6.07, 6.45) is 0.570. The van der Waals surface area contributed by atoms with Gasteiger partial charge in [0.05, 0.1) is 13.0 Å². The average Bonchev–Trinajstić information content (AvgIpc) is 2.38. The van der Waals surface area contributed by atoms with Gasteiger partial charge in [0.2, 0.25) is 0 Å². The van der Waals surface area contributed by atoms with Crippen molar-refractivity contribution in [1.29, 1.82) is 0 Å². The molecular weight excluding hydrogens is 260 g/mol. The molecule has 110 valence electrons. The van der Waals surface area contributed by atoms with Gasteiger partial charge in [-0.3, -0.25) is 9.59 Å². The van der Waals surface area contributed by atoms with E-state index in [2.05, 4.69) is 4.90 Å². The monoisotopic (exact) mass is 280 g/mol. The molecule has 0 fully saturated rings. The Kier molecular flexibility index (Phi) is 4.57. The molecule has 0 spiro atoms. The lowest BCUT2D eigenvalue weighted by Crippen LogP contribution is -2.36. The molecule has 0 saturated carbocycles. The Balaban J connectivity index is 2.48. The Morgan fingerprint density at radius 1 is 1.50 bits per heavy atom. The van der Waals surface area contributed by atoms with Gasteiger partial charge in [0.15, 0.2) is 0 Å². The van der Waals surface area contributed by atoms with Crippen LogP contribution in [0.25, 0.3) is 0 Å². The Bertz CT molecular complexity index is 565. The van der Waals surface area contributed by atoms with E-state index in [-0.39, 0.29) is 12.0 Å². The summed E-state index contributed by atoms with van der Waals surface area (Å²) in [7, 11) is 3.61. The van der Waals surface area contributed by atoms with Crippen molar-refractivity contribution in [2.45, 2.75) is 25.9 Å². The van der Waals surface area contributed by atoms with Crippen LogP contribution in [0.15, 0.2) is 10.9 Å². The fourth-order valence-electron chi connectivity index (χ4n) is 2.63. The minimum atomic E-state index is -0.982. The quantitative estimate of drug-likeness (QED) is 0.829. The topological polar surface area (TPSA) is 71.8 Å². The van der Waals surface area contributed by atoms with E-state index in [1.165, 1.54) is 0 Å².